The average Bonchev–Trinajstić information content (AvgIpc) is 2.81. The lowest BCUT2D eigenvalue weighted by Gasteiger charge is -2.14. The van der Waals surface area contributed by atoms with Crippen LogP contribution in [0.4, 0.5) is 5.69 Å². The van der Waals surface area contributed by atoms with Gasteiger partial charge in [-0.15, -0.1) is 0 Å². The minimum absolute atomic E-state index is 0.442. The molecule has 0 fully saturated rings. The number of benzene rings is 2. The molecule has 2 amide bonds. The van der Waals surface area contributed by atoms with Crippen LogP contribution >= 0.6 is 15.9 Å². The summed E-state index contributed by atoms with van der Waals surface area (Å²) >= 11 is 3.51. The third kappa shape index (κ3) is 8.09. The maximum Gasteiger partial charge on any atom is 0.252 e. The standard InChI is InChI=1S/C24H30BrN3O5/c1-5-7-12-33-22-20(25)13-17(14-21(22)32-6-2)15-26-28-24(30)16(3)23(29)27-18-8-10-19(31-4)11-9-18/h8-11,13-16H,5-7,12H2,1-4H3,(H,27,29)(H,28,30). The number of nitrogens with one attached hydrogen (secondary N) is 2. The van der Waals surface area contributed by atoms with E-state index in [2.05, 4.69) is 38.7 Å². The van der Waals surface area contributed by atoms with Crippen molar-refractivity contribution in [2.24, 2.45) is 11.0 Å². The van der Waals surface area contributed by atoms with Crippen molar-refractivity contribution >= 4 is 39.6 Å². The number of carbonyl (C=O) groups excluding carboxylic acids is 2. The number of hydrazone groups is 1. The summed E-state index contributed by atoms with van der Waals surface area (Å²) in [5, 5.41) is 6.68. The van der Waals surface area contributed by atoms with Gasteiger partial charge in [0.2, 0.25) is 5.91 Å². The molecule has 0 aromatic heterocycles. The van der Waals surface area contributed by atoms with E-state index in [1.54, 1.807) is 37.4 Å². The Hall–Kier alpha value is -3.07. The molecule has 2 aromatic rings. The van der Waals surface area contributed by atoms with Gasteiger partial charge in [-0.3, -0.25) is 9.59 Å². The van der Waals surface area contributed by atoms with Gasteiger partial charge in [-0.1, -0.05) is 13.3 Å². The number of rotatable bonds is 12. The van der Waals surface area contributed by atoms with Crippen molar-refractivity contribution in [1.29, 1.82) is 0 Å². The number of halogens is 1. The minimum atomic E-state index is -0.940. The maximum absolute atomic E-state index is 12.4. The molecule has 0 radical (unpaired) electrons. The largest absolute Gasteiger partial charge is 0.497 e. The van der Waals surface area contributed by atoms with Gasteiger partial charge in [0.15, 0.2) is 11.5 Å². The van der Waals surface area contributed by atoms with Crippen molar-refractivity contribution in [3.8, 4) is 17.2 Å². The van der Waals surface area contributed by atoms with Gasteiger partial charge in [0.25, 0.3) is 5.91 Å². The fraction of sp³-hybridized carbons (Fsp3) is 0.375. The van der Waals surface area contributed by atoms with E-state index in [-0.39, 0.29) is 0 Å². The average molecular weight is 520 g/mol. The predicted octanol–water partition coefficient (Wildman–Crippen LogP) is 4.76. The molecule has 33 heavy (non-hydrogen) atoms. The fourth-order valence-corrected chi connectivity index (χ4v) is 3.27. The van der Waals surface area contributed by atoms with Gasteiger partial charge < -0.3 is 19.5 Å². The second-order valence-electron chi connectivity index (χ2n) is 7.14. The summed E-state index contributed by atoms with van der Waals surface area (Å²) in [4.78, 5) is 24.7. The van der Waals surface area contributed by atoms with Crippen LogP contribution in [-0.2, 0) is 9.59 Å². The molecule has 0 aliphatic rings. The van der Waals surface area contributed by atoms with Crippen molar-refractivity contribution in [1.82, 2.24) is 5.43 Å². The Labute approximate surface area is 202 Å². The highest BCUT2D eigenvalue weighted by Crippen LogP contribution is 2.36. The van der Waals surface area contributed by atoms with Crippen LogP contribution in [0.25, 0.3) is 0 Å². The number of anilines is 1. The van der Waals surface area contributed by atoms with Crippen molar-refractivity contribution < 1.29 is 23.8 Å². The highest BCUT2D eigenvalue weighted by Gasteiger charge is 2.21. The number of nitrogens with zero attached hydrogens (tertiary/aromatic N) is 1. The first kappa shape index (κ1) is 26.2. The topological polar surface area (TPSA) is 98.2 Å². The van der Waals surface area contributed by atoms with Crippen LogP contribution in [0.15, 0.2) is 46.0 Å². The summed E-state index contributed by atoms with van der Waals surface area (Å²) in [7, 11) is 1.56. The normalized spacial score (nSPS) is 11.7. The molecule has 0 bridgehead atoms. The third-order valence-electron chi connectivity index (χ3n) is 4.61. The van der Waals surface area contributed by atoms with E-state index in [1.165, 1.54) is 13.1 Å². The second-order valence-corrected chi connectivity index (χ2v) is 7.99. The van der Waals surface area contributed by atoms with E-state index in [0.717, 1.165) is 17.3 Å². The van der Waals surface area contributed by atoms with Crippen LogP contribution in [0.3, 0.4) is 0 Å². The van der Waals surface area contributed by atoms with Gasteiger partial charge in [0.05, 0.1) is 31.0 Å². The lowest BCUT2D eigenvalue weighted by molar-refractivity contribution is -0.131. The van der Waals surface area contributed by atoms with E-state index in [4.69, 9.17) is 14.2 Å². The molecule has 8 nitrogen and oxygen atoms in total. The van der Waals surface area contributed by atoms with Crippen LogP contribution in [0, 0.1) is 5.92 Å². The van der Waals surface area contributed by atoms with Crippen LogP contribution in [0.2, 0.25) is 0 Å². The van der Waals surface area contributed by atoms with Crippen molar-refractivity contribution in [2.45, 2.75) is 33.6 Å². The van der Waals surface area contributed by atoms with Crippen LogP contribution in [0.1, 0.15) is 39.2 Å². The van der Waals surface area contributed by atoms with Gasteiger partial charge in [-0.05, 0) is 78.2 Å². The number of hydrogen-bond donors (Lipinski definition) is 2. The van der Waals surface area contributed by atoms with E-state index in [0.29, 0.717) is 41.7 Å². The molecule has 2 aromatic carbocycles. The molecule has 0 aliphatic heterocycles. The van der Waals surface area contributed by atoms with E-state index in [9.17, 15) is 9.59 Å². The quantitative estimate of drug-likeness (QED) is 0.182. The van der Waals surface area contributed by atoms with Gasteiger partial charge in [-0.25, -0.2) is 5.43 Å². The molecule has 2 rings (SSSR count). The summed E-state index contributed by atoms with van der Waals surface area (Å²) in [6, 6.07) is 10.4. The van der Waals surface area contributed by atoms with Crippen molar-refractivity contribution in [3.05, 3.63) is 46.4 Å². The minimum Gasteiger partial charge on any atom is -0.497 e. The number of unbranched alkanes of at least 4 members (excludes halogenated alkanes) is 1. The molecule has 1 unspecified atom stereocenters. The monoisotopic (exact) mass is 519 g/mol. The zero-order valence-corrected chi connectivity index (χ0v) is 20.9. The smallest absolute Gasteiger partial charge is 0.252 e. The second kappa shape index (κ2) is 13.5. The SMILES string of the molecule is CCCCOc1c(Br)cc(C=NNC(=O)C(C)C(=O)Nc2ccc(OC)cc2)cc1OCC. The van der Waals surface area contributed by atoms with Gasteiger partial charge >= 0.3 is 0 Å². The summed E-state index contributed by atoms with van der Waals surface area (Å²) in [5.74, 6) is -0.0147. The van der Waals surface area contributed by atoms with Crippen LogP contribution < -0.4 is 25.0 Å². The fourth-order valence-electron chi connectivity index (χ4n) is 2.70. The molecule has 0 heterocycles. The summed E-state index contributed by atoms with van der Waals surface area (Å²) in [5.41, 5.74) is 3.67. The first-order chi connectivity index (χ1) is 15.9. The van der Waals surface area contributed by atoms with Crippen LogP contribution in [-0.4, -0.2) is 38.4 Å². The summed E-state index contributed by atoms with van der Waals surface area (Å²) < 4.78 is 17.3. The Balaban J connectivity index is 1.99. The molecule has 178 valence electrons. The van der Waals surface area contributed by atoms with Crippen LogP contribution in [0.5, 0.6) is 17.2 Å². The van der Waals surface area contributed by atoms with E-state index < -0.39 is 17.7 Å². The first-order valence-corrected chi connectivity index (χ1v) is 11.6. The molecule has 0 aliphatic carbocycles. The molecule has 0 spiro atoms. The number of ether oxygens (including phenoxy) is 3. The maximum atomic E-state index is 12.4. The van der Waals surface area contributed by atoms with E-state index >= 15 is 0 Å². The Kier molecular flexibility index (Phi) is 10.7. The predicted molar refractivity (Wildman–Crippen MR) is 132 cm³/mol. The van der Waals surface area contributed by atoms with Gasteiger partial charge in [-0.2, -0.15) is 5.10 Å². The zero-order valence-electron chi connectivity index (χ0n) is 19.3. The molecule has 1 atom stereocenters. The summed E-state index contributed by atoms with van der Waals surface area (Å²) in [6.45, 7) is 6.57. The number of carbonyl (C=O) groups is 2. The molecule has 9 heteroatoms. The Morgan fingerprint density at radius 2 is 1.85 bits per heavy atom. The third-order valence-corrected chi connectivity index (χ3v) is 5.20. The first-order valence-electron chi connectivity index (χ1n) is 10.8. The summed E-state index contributed by atoms with van der Waals surface area (Å²) in [6.07, 6.45) is 3.45. The Bertz CT molecular complexity index is 963. The number of amides is 2. The Morgan fingerprint density at radius 3 is 2.48 bits per heavy atom. The highest BCUT2D eigenvalue weighted by molar-refractivity contribution is 9.10. The number of hydrogen-bond acceptors (Lipinski definition) is 6. The molecular formula is C24H30BrN3O5. The zero-order chi connectivity index (χ0) is 24.2. The lowest BCUT2D eigenvalue weighted by atomic mass is 10.1. The van der Waals surface area contributed by atoms with Crippen molar-refractivity contribution in [2.75, 3.05) is 25.6 Å². The lowest BCUT2D eigenvalue weighted by Crippen LogP contribution is -2.34. The highest BCUT2D eigenvalue weighted by atomic mass is 79.9. The van der Waals surface area contributed by atoms with Gasteiger partial charge in [0.1, 0.15) is 11.7 Å². The number of methoxy groups -OCH3 is 1. The molecule has 0 saturated carbocycles. The molecular weight excluding hydrogens is 490 g/mol. The Morgan fingerprint density at radius 1 is 1.12 bits per heavy atom. The molecule has 0 saturated heterocycles. The van der Waals surface area contributed by atoms with Crippen molar-refractivity contribution in [3.63, 3.8) is 0 Å². The van der Waals surface area contributed by atoms with Gasteiger partial charge in [0, 0.05) is 5.69 Å². The molecule has 2 N–H and O–H groups in total. The van der Waals surface area contributed by atoms with E-state index in [1.807, 2.05) is 13.0 Å².